The van der Waals surface area contributed by atoms with Crippen LogP contribution >= 0.6 is 11.3 Å². The van der Waals surface area contributed by atoms with Crippen molar-refractivity contribution in [2.24, 2.45) is 11.8 Å². The minimum Gasteiger partial charge on any atom is -0.481 e. The summed E-state index contributed by atoms with van der Waals surface area (Å²) in [5.74, 6) is -3.07. The number of carboxylic acid groups (broad SMARTS) is 1. The highest BCUT2D eigenvalue weighted by Crippen LogP contribution is 2.41. The monoisotopic (exact) mass is 507 g/mol. The number of rotatable bonds is 12. The summed E-state index contributed by atoms with van der Waals surface area (Å²) in [6, 6.07) is 6.82. The normalized spacial score (nSPS) is 23.5. The molecule has 0 radical (unpaired) electrons. The molecule has 1 saturated heterocycles. The molecule has 3 N–H and O–H groups in total. The van der Waals surface area contributed by atoms with E-state index in [0.717, 1.165) is 4.88 Å². The molecule has 1 aliphatic rings. The Morgan fingerprint density at radius 3 is 2.66 bits per heavy atom. The number of carbonyl (C=O) groups excluding carboxylic acids is 1. The maximum atomic E-state index is 14.3. The molecule has 6 atom stereocenters. The molecular weight excluding hydrogens is 477 g/mol. The summed E-state index contributed by atoms with van der Waals surface area (Å²) in [4.78, 5) is 36.8. The highest BCUT2D eigenvalue weighted by atomic mass is 32.1. The number of hydrogen-bond acceptors (Lipinski definition) is 7. The fraction of sp³-hybridized carbons (Fsp3) is 0.500. The molecule has 1 aliphatic heterocycles. The molecule has 0 spiro atoms. The van der Waals surface area contributed by atoms with Crippen LogP contribution in [0.25, 0.3) is 0 Å². The summed E-state index contributed by atoms with van der Waals surface area (Å²) in [5.41, 5.74) is 0.321. The predicted molar refractivity (Wildman–Crippen MR) is 128 cm³/mol. The number of carboxylic acids is 1. The van der Waals surface area contributed by atoms with Crippen LogP contribution in [0.5, 0.6) is 0 Å². The lowest BCUT2D eigenvalue weighted by Gasteiger charge is -2.32. The average Bonchev–Trinajstić information content (AvgIpc) is 3.48. The van der Waals surface area contributed by atoms with E-state index in [1.165, 1.54) is 17.4 Å². The van der Waals surface area contributed by atoms with Crippen molar-refractivity contribution in [3.8, 4) is 0 Å². The van der Waals surface area contributed by atoms with E-state index in [4.69, 9.17) is 9.84 Å². The molecule has 1 aromatic carbocycles. The maximum Gasteiger partial charge on any atom is 0.305 e. The number of halogens is 1. The second kappa shape index (κ2) is 12.2. The number of thiophene rings is 1. The van der Waals surface area contributed by atoms with Crippen molar-refractivity contribution in [3.05, 3.63) is 68.2 Å². The number of ether oxygens (including phenoxy) is 1. The van der Waals surface area contributed by atoms with Crippen molar-refractivity contribution in [1.82, 2.24) is 10.6 Å². The molecule has 9 nitrogen and oxygen atoms in total. The first-order valence-electron chi connectivity index (χ1n) is 11.5. The first-order chi connectivity index (χ1) is 16.7. The molecule has 2 heterocycles. The van der Waals surface area contributed by atoms with Gasteiger partial charge in [0.1, 0.15) is 11.9 Å². The highest BCUT2D eigenvalue weighted by Gasteiger charge is 2.58. The number of nitro groups is 1. The smallest absolute Gasteiger partial charge is 0.305 e. The summed E-state index contributed by atoms with van der Waals surface area (Å²) in [5, 5.41) is 28.8. The van der Waals surface area contributed by atoms with E-state index in [1.807, 2.05) is 19.2 Å². The summed E-state index contributed by atoms with van der Waals surface area (Å²) in [6.45, 7) is 3.61. The lowest BCUT2D eigenvalue weighted by molar-refractivity contribution is -0.535. The summed E-state index contributed by atoms with van der Waals surface area (Å²) in [6.07, 6.45) is -0.378. The van der Waals surface area contributed by atoms with Gasteiger partial charge in [-0.25, -0.2) is 4.39 Å². The summed E-state index contributed by atoms with van der Waals surface area (Å²) in [7, 11) is 0. The standard InChI is InChI=1S/C24H30FN3O6S/c1-3-14(2)23(34-13-15-7-4-5-8-16(15)25)19-21(24(31)26-11-10-18(29)30)27-20(22(19)28(32)33)17-9-6-12-35-17/h4-9,12,14,19-23,27H,3,10-11,13H2,1-2H3,(H,26,31)(H,29,30)/t14-,19+,20+,21-,22-,23?/m0/s1. The van der Waals surface area contributed by atoms with Crippen LogP contribution in [0, 0.1) is 27.8 Å². The Labute approximate surface area is 206 Å². The zero-order valence-electron chi connectivity index (χ0n) is 19.6. The second-order valence-corrected chi connectivity index (χ2v) is 9.66. The van der Waals surface area contributed by atoms with E-state index in [9.17, 15) is 24.1 Å². The molecule has 3 rings (SSSR count). The van der Waals surface area contributed by atoms with Gasteiger partial charge in [0, 0.05) is 21.9 Å². The third-order valence-corrected chi connectivity index (χ3v) is 7.42. The quantitative estimate of drug-likeness (QED) is 0.296. The molecule has 11 heteroatoms. The molecule has 35 heavy (non-hydrogen) atoms. The minimum atomic E-state index is -1.18. The largest absolute Gasteiger partial charge is 0.481 e. The summed E-state index contributed by atoms with van der Waals surface area (Å²) < 4.78 is 20.4. The van der Waals surface area contributed by atoms with Crippen molar-refractivity contribution in [1.29, 1.82) is 0 Å². The first kappa shape index (κ1) is 26.7. The SMILES string of the molecule is CC[C@H](C)C(OCc1ccccc1F)[C@H]1[C@H]([N+](=O)[O-])[C@@H](c2cccs2)N[C@@H]1C(=O)NCCC(=O)O. The maximum absolute atomic E-state index is 14.3. The van der Waals surface area contributed by atoms with E-state index >= 15 is 0 Å². The number of amides is 1. The number of hydrogen-bond donors (Lipinski definition) is 3. The van der Waals surface area contributed by atoms with E-state index in [0.29, 0.717) is 12.0 Å². The van der Waals surface area contributed by atoms with Crippen LogP contribution < -0.4 is 10.6 Å². The number of carbonyl (C=O) groups is 2. The van der Waals surface area contributed by atoms with Gasteiger partial charge in [0.15, 0.2) is 0 Å². The van der Waals surface area contributed by atoms with Crippen LogP contribution in [0.4, 0.5) is 4.39 Å². The third-order valence-electron chi connectivity index (χ3n) is 6.47. The Kier molecular flexibility index (Phi) is 9.30. The predicted octanol–water partition coefficient (Wildman–Crippen LogP) is 3.38. The van der Waals surface area contributed by atoms with Gasteiger partial charge < -0.3 is 15.2 Å². The van der Waals surface area contributed by atoms with Crippen LogP contribution in [-0.2, 0) is 20.9 Å². The minimum absolute atomic E-state index is 0.0976. The number of nitrogens with one attached hydrogen (secondary N) is 2. The topological polar surface area (TPSA) is 131 Å². The van der Waals surface area contributed by atoms with Crippen LogP contribution in [0.3, 0.4) is 0 Å². The molecule has 1 aromatic heterocycles. The van der Waals surface area contributed by atoms with Gasteiger partial charge in [0.25, 0.3) is 0 Å². The van der Waals surface area contributed by atoms with E-state index in [2.05, 4.69) is 10.6 Å². The van der Waals surface area contributed by atoms with Crippen molar-refractivity contribution in [2.75, 3.05) is 6.54 Å². The number of nitrogens with zero attached hydrogens (tertiary/aromatic N) is 1. The van der Waals surface area contributed by atoms with E-state index < -0.39 is 47.8 Å². The molecule has 190 valence electrons. The van der Waals surface area contributed by atoms with Gasteiger partial charge in [-0.1, -0.05) is 44.5 Å². The highest BCUT2D eigenvalue weighted by molar-refractivity contribution is 7.10. The van der Waals surface area contributed by atoms with Crippen LogP contribution in [0.1, 0.15) is 43.2 Å². The van der Waals surface area contributed by atoms with Crippen molar-refractivity contribution < 1.29 is 28.7 Å². The molecule has 1 fully saturated rings. The molecule has 1 amide bonds. The Morgan fingerprint density at radius 2 is 2.06 bits per heavy atom. The van der Waals surface area contributed by atoms with Crippen LogP contribution in [0.15, 0.2) is 41.8 Å². The third kappa shape index (κ3) is 6.41. The lowest BCUT2D eigenvalue weighted by Crippen LogP contribution is -2.51. The van der Waals surface area contributed by atoms with Gasteiger partial charge >= 0.3 is 5.97 Å². The van der Waals surface area contributed by atoms with Crippen molar-refractivity contribution in [2.45, 2.75) is 57.5 Å². The molecule has 0 aliphatic carbocycles. The first-order valence-corrected chi connectivity index (χ1v) is 12.4. The molecule has 0 bridgehead atoms. The van der Waals surface area contributed by atoms with Gasteiger partial charge in [-0.3, -0.25) is 25.0 Å². The van der Waals surface area contributed by atoms with Gasteiger partial charge in [-0.2, -0.15) is 0 Å². The van der Waals surface area contributed by atoms with Crippen LogP contribution in [0.2, 0.25) is 0 Å². The van der Waals surface area contributed by atoms with Gasteiger partial charge in [0.2, 0.25) is 11.9 Å². The fourth-order valence-corrected chi connectivity index (χ4v) is 5.35. The van der Waals surface area contributed by atoms with Gasteiger partial charge in [0.05, 0.1) is 31.1 Å². The Hall–Kier alpha value is -2.89. The van der Waals surface area contributed by atoms with Crippen molar-refractivity contribution >= 4 is 23.2 Å². The Morgan fingerprint density at radius 1 is 1.31 bits per heavy atom. The second-order valence-electron chi connectivity index (χ2n) is 8.68. The summed E-state index contributed by atoms with van der Waals surface area (Å²) >= 11 is 1.35. The molecular formula is C24H30FN3O6S. The molecule has 1 unspecified atom stereocenters. The van der Waals surface area contributed by atoms with Gasteiger partial charge in [-0.05, 0) is 23.4 Å². The Bertz CT molecular complexity index is 1020. The van der Waals surface area contributed by atoms with E-state index in [1.54, 1.807) is 30.3 Å². The fourth-order valence-electron chi connectivity index (χ4n) is 4.53. The molecule has 0 saturated carbocycles. The zero-order valence-corrected chi connectivity index (χ0v) is 20.4. The number of benzene rings is 1. The van der Waals surface area contributed by atoms with Crippen molar-refractivity contribution in [3.63, 3.8) is 0 Å². The van der Waals surface area contributed by atoms with Gasteiger partial charge in [-0.15, -0.1) is 11.3 Å². The zero-order chi connectivity index (χ0) is 25.5. The number of aliphatic carboxylic acids is 1. The van der Waals surface area contributed by atoms with E-state index in [-0.39, 0.29) is 30.4 Å². The average molecular weight is 508 g/mol. The lowest BCUT2D eigenvalue weighted by atomic mass is 9.81. The molecule has 2 aromatic rings. The van der Waals surface area contributed by atoms with Crippen LogP contribution in [-0.4, -0.2) is 46.6 Å². The Balaban J connectivity index is 1.96.